The van der Waals surface area contributed by atoms with Gasteiger partial charge in [0, 0.05) is 0 Å². The second-order valence-corrected chi connectivity index (χ2v) is 10.4. The zero-order valence-electron chi connectivity index (χ0n) is 12.0. The van der Waals surface area contributed by atoms with Crippen molar-refractivity contribution in [2.24, 2.45) is 0 Å². The third-order valence-corrected chi connectivity index (χ3v) is 7.08. The van der Waals surface area contributed by atoms with Gasteiger partial charge >= 0.3 is 0 Å². The van der Waals surface area contributed by atoms with Gasteiger partial charge in [-0.2, -0.15) is 0 Å². The van der Waals surface area contributed by atoms with E-state index >= 15 is 0 Å². The quantitative estimate of drug-likeness (QED) is 0.709. The van der Waals surface area contributed by atoms with Crippen molar-refractivity contribution in [3.63, 3.8) is 0 Å². The summed E-state index contributed by atoms with van der Waals surface area (Å²) in [6, 6.07) is 19.8. The van der Waals surface area contributed by atoms with Crippen molar-refractivity contribution in [3.8, 4) is 11.5 Å². The second kappa shape index (κ2) is 6.07. The van der Waals surface area contributed by atoms with Crippen LogP contribution in [0.3, 0.4) is 0 Å². The van der Waals surface area contributed by atoms with Crippen molar-refractivity contribution in [1.82, 2.24) is 0 Å². The van der Waals surface area contributed by atoms with Crippen molar-refractivity contribution in [1.29, 1.82) is 0 Å². The van der Waals surface area contributed by atoms with Crippen LogP contribution in [0.15, 0.2) is 54.6 Å². The maximum absolute atomic E-state index is 6.08. The van der Waals surface area contributed by atoms with Crippen LogP contribution in [0.4, 0.5) is 0 Å². The zero-order valence-corrected chi connectivity index (χ0v) is 13.0. The number of hydrogen-bond donors (Lipinski definition) is 0. The fraction of sp³-hybridized carbons (Fsp3) is 0.294. The lowest BCUT2D eigenvalue weighted by Gasteiger charge is -2.25. The zero-order chi connectivity index (χ0) is 13.7. The van der Waals surface area contributed by atoms with Gasteiger partial charge in [-0.25, -0.2) is 0 Å². The van der Waals surface area contributed by atoms with Gasteiger partial charge in [0.05, 0.1) is 8.07 Å². The maximum Gasteiger partial charge on any atom is 0.127 e. The number of para-hydroxylation sites is 2. The van der Waals surface area contributed by atoms with Crippen molar-refractivity contribution >= 4 is 13.3 Å². The van der Waals surface area contributed by atoms with E-state index in [9.17, 15) is 0 Å². The first-order chi connectivity index (χ1) is 9.13. The molecule has 0 amide bonds. The van der Waals surface area contributed by atoms with Crippen molar-refractivity contribution in [2.45, 2.75) is 32.5 Å². The molecule has 0 aliphatic carbocycles. The Bertz CT molecular complexity index is 520. The molecule has 0 radical (unpaired) electrons. The Balaban J connectivity index is 2.31. The van der Waals surface area contributed by atoms with E-state index in [2.05, 4.69) is 44.3 Å². The van der Waals surface area contributed by atoms with E-state index in [-0.39, 0.29) is 0 Å². The predicted molar refractivity (Wildman–Crippen MR) is 85.2 cm³/mol. The molecule has 19 heavy (non-hydrogen) atoms. The molecule has 0 heterocycles. The number of benzene rings is 2. The van der Waals surface area contributed by atoms with Gasteiger partial charge in [0.1, 0.15) is 11.5 Å². The Hall–Kier alpha value is -1.54. The summed E-state index contributed by atoms with van der Waals surface area (Å²) in [5, 5.41) is 1.42. The first-order valence-corrected chi connectivity index (χ1v) is 10.2. The molecule has 100 valence electrons. The molecule has 2 heteroatoms. The molecule has 2 rings (SSSR count). The van der Waals surface area contributed by atoms with Crippen LogP contribution in [0.1, 0.15) is 13.3 Å². The Morgan fingerprint density at radius 1 is 0.895 bits per heavy atom. The highest BCUT2D eigenvalue weighted by molar-refractivity contribution is 6.90. The van der Waals surface area contributed by atoms with Gasteiger partial charge in [0.25, 0.3) is 0 Å². The number of ether oxygens (including phenoxy) is 1. The van der Waals surface area contributed by atoms with Crippen LogP contribution in [0.5, 0.6) is 11.5 Å². The van der Waals surface area contributed by atoms with Crippen LogP contribution < -0.4 is 9.92 Å². The lowest BCUT2D eigenvalue weighted by Crippen LogP contribution is -2.41. The summed E-state index contributed by atoms with van der Waals surface area (Å²) in [5.74, 6) is 1.94. The SMILES string of the molecule is CCC[Si](C)(C)c1ccccc1Oc1ccccc1. The van der Waals surface area contributed by atoms with E-state index in [0.717, 1.165) is 11.5 Å². The molecule has 0 aliphatic heterocycles. The van der Waals surface area contributed by atoms with Crippen molar-refractivity contribution < 1.29 is 4.74 Å². The monoisotopic (exact) mass is 270 g/mol. The highest BCUT2D eigenvalue weighted by atomic mass is 28.3. The van der Waals surface area contributed by atoms with Crippen molar-refractivity contribution in [3.05, 3.63) is 54.6 Å². The van der Waals surface area contributed by atoms with Crippen LogP contribution in [-0.4, -0.2) is 8.07 Å². The Morgan fingerprint density at radius 2 is 1.53 bits per heavy atom. The summed E-state index contributed by atoms with van der Waals surface area (Å²) in [6.07, 6.45) is 1.24. The highest BCUT2D eigenvalue weighted by Gasteiger charge is 2.25. The fourth-order valence-electron chi connectivity index (χ4n) is 2.49. The van der Waals surface area contributed by atoms with Crippen LogP contribution in [0.25, 0.3) is 0 Å². The molecule has 0 saturated carbocycles. The summed E-state index contributed by atoms with van der Waals surface area (Å²) in [7, 11) is -1.40. The standard InChI is InChI=1S/C17H22OSi/c1-4-14-19(2,3)17-13-9-8-12-16(17)18-15-10-6-5-7-11-15/h5-13H,4,14H2,1-3H3. The van der Waals surface area contributed by atoms with Crippen LogP contribution in [-0.2, 0) is 0 Å². The summed E-state index contributed by atoms with van der Waals surface area (Å²) >= 11 is 0. The van der Waals surface area contributed by atoms with E-state index in [4.69, 9.17) is 4.74 Å². The van der Waals surface area contributed by atoms with Gasteiger partial charge in [0.2, 0.25) is 0 Å². The molecule has 0 saturated heterocycles. The number of hydrogen-bond acceptors (Lipinski definition) is 1. The normalized spacial score (nSPS) is 11.3. The fourth-order valence-corrected chi connectivity index (χ4v) is 5.36. The van der Waals surface area contributed by atoms with Gasteiger partial charge in [0.15, 0.2) is 0 Å². The third kappa shape index (κ3) is 3.48. The Morgan fingerprint density at radius 3 is 2.21 bits per heavy atom. The minimum Gasteiger partial charge on any atom is -0.458 e. The lowest BCUT2D eigenvalue weighted by molar-refractivity contribution is 0.486. The number of rotatable bonds is 5. The van der Waals surface area contributed by atoms with E-state index in [1.165, 1.54) is 17.7 Å². The van der Waals surface area contributed by atoms with Gasteiger partial charge in [-0.1, -0.05) is 68.9 Å². The molecule has 0 spiro atoms. The largest absolute Gasteiger partial charge is 0.458 e. The molecule has 2 aromatic carbocycles. The van der Waals surface area contributed by atoms with Crippen LogP contribution >= 0.6 is 0 Å². The lowest BCUT2D eigenvalue weighted by atomic mass is 10.3. The van der Waals surface area contributed by atoms with Gasteiger partial charge in [-0.05, 0) is 23.4 Å². The molecule has 0 unspecified atom stereocenters. The molecule has 0 N–H and O–H groups in total. The molecular formula is C17H22OSi. The Kier molecular flexibility index (Phi) is 4.43. The van der Waals surface area contributed by atoms with Gasteiger partial charge < -0.3 is 4.74 Å². The van der Waals surface area contributed by atoms with Gasteiger partial charge in [-0.3, -0.25) is 0 Å². The molecule has 0 atom stereocenters. The maximum atomic E-state index is 6.08. The summed E-state index contributed by atoms with van der Waals surface area (Å²) in [4.78, 5) is 0. The van der Waals surface area contributed by atoms with Gasteiger partial charge in [-0.15, -0.1) is 0 Å². The molecular weight excluding hydrogens is 248 g/mol. The molecule has 2 aromatic rings. The summed E-state index contributed by atoms with van der Waals surface area (Å²) in [5.41, 5.74) is 0. The van der Waals surface area contributed by atoms with Crippen molar-refractivity contribution in [2.75, 3.05) is 0 Å². The topological polar surface area (TPSA) is 9.23 Å². The van der Waals surface area contributed by atoms with E-state index in [0.29, 0.717) is 0 Å². The first kappa shape index (κ1) is 13.9. The molecule has 0 fully saturated rings. The summed E-state index contributed by atoms with van der Waals surface area (Å²) < 4.78 is 6.08. The van der Waals surface area contributed by atoms with E-state index in [1.54, 1.807) is 0 Å². The first-order valence-electron chi connectivity index (χ1n) is 6.96. The third-order valence-electron chi connectivity index (χ3n) is 3.46. The molecule has 0 bridgehead atoms. The molecule has 1 nitrogen and oxygen atoms in total. The summed E-state index contributed by atoms with van der Waals surface area (Å²) in [6.45, 7) is 7.10. The van der Waals surface area contributed by atoms with E-state index in [1.807, 2.05) is 30.3 Å². The average molecular weight is 270 g/mol. The van der Waals surface area contributed by atoms with E-state index < -0.39 is 8.07 Å². The smallest absolute Gasteiger partial charge is 0.127 e. The molecule has 0 aromatic heterocycles. The molecule has 0 aliphatic rings. The predicted octanol–water partition coefficient (Wildman–Crippen LogP) is 4.80. The van der Waals surface area contributed by atoms with Crippen LogP contribution in [0, 0.1) is 0 Å². The minimum absolute atomic E-state index is 0.913. The minimum atomic E-state index is -1.40. The Labute approximate surface area is 117 Å². The average Bonchev–Trinajstić information content (AvgIpc) is 2.40. The second-order valence-electron chi connectivity index (χ2n) is 5.55. The highest BCUT2D eigenvalue weighted by Crippen LogP contribution is 2.23. The van der Waals surface area contributed by atoms with Crippen LogP contribution in [0.2, 0.25) is 19.1 Å².